The first-order valence-corrected chi connectivity index (χ1v) is 6.75. The molecule has 108 valence electrons. The van der Waals surface area contributed by atoms with Crippen LogP contribution in [-0.4, -0.2) is 9.55 Å². The van der Waals surface area contributed by atoms with Crippen molar-refractivity contribution in [3.63, 3.8) is 0 Å². The molecule has 0 atom stereocenters. The molecule has 0 aliphatic rings. The van der Waals surface area contributed by atoms with Crippen LogP contribution in [0.2, 0.25) is 0 Å². The lowest BCUT2D eigenvalue weighted by Gasteiger charge is -2.31. The highest BCUT2D eigenvalue weighted by Gasteiger charge is 2.28. The summed E-state index contributed by atoms with van der Waals surface area (Å²) in [6, 6.07) is 4.16. The topological polar surface area (TPSA) is 34.9 Å². The van der Waals surface area contributed by atoms with Crippen LogP contribution in [0, 0.1) is 5.82 Å². The molecule has 1 aromatic carbocycles. The summed E-state index contributed by atoms with van der Waals surface area (Å²) in [4.78, 5) is 17.4. The van der Waals surface area contributed by atoms with Gasteiger partial charge in [-0.2, -0.15) is 0 Å². The summed E-state index contributed by atoms with van der Waals surface area (Å²) in [5.74, 6) is 0.300. The Bertz CT molecular complexity index is 718. The minimum absolute atomic E-state index is 0.188. The SMILES string of the molecule is CC(C)(C)c1nc2ccc(F)cc2c(=O)n1C(C)(C)C. The Morgan fingerprint density at radius 2 is 1.70 bits per heavy atom. The largest absolute Gasteiger partial charge is 0.290 e. The van der Waals surface area contributed by atoms with Gasteiger partial charge < -0.3 is 0 Å². The number of nitrogens with zero attached hydrogens (tertiary/aromatic N) is 2. The van der Waals surface area contributed by atoms with E-state index in [0.29, 0.717) is 16.7 Å². The maximum atomic E-state index is 13.4. The molecular weight excluding hydrogens is 255 g/mol. The molecule has 0 aliphatic carbocycles. The molecule has 0 saturated carbocycles. The highest BCUT2D eigenvalue weighted by molar-refractivity contribution is 5.77. The normalized spacial score (nSPS) is 12.9. The van der Waals surface area contributed by atoms with Gasteiger partial charge in [0.15, 0.2) is 0 Å². The summed E-state index contributed by atoms with van der Waals surface area (Å²) < 4.78 is 15.1. The fourth-order valence-electron chi connectivity index (χ4n) is 2.28. The number of hydrogen-bond donors (Lipinski definition) is 0. The molecule has 0 aliphatic heterocycles. The van der Waals surface area contributed by atoms with Gasteiger partial charge in [-0.3, -0.25) is 9.36 Å². The first kappa shape index (κ1) is 14.7. The summed E-state index contributed by atoms with van der Waals surface area (Å²) in [6.45, 7) is 11.9. The van der Waals surface area contributed by atoms with Crippen molar-refractivity contribution in [2.45, 2.75) is 52.5 Å². The smallest absolute Gasteiger partial charge is 0.261 e. The molecule has 1 heterocycles. The van der Waals surface area contributed by atoms with Crippen LogP contribution in [0.3, 0.4) is 0 Å². The van der Waals surface area contributed by atoms with Gasteiger partial charge in [-0.25, -0.2) is 9.37 Å². The molecule has 2 rings (SSSR count). The second kappa shape index (κ2) is 4.40. The minimum Gasteiger partial charge on any atom is -0.290 e. The lowest BCUT2D eigenvalue weighted by molar-refractivity contribution is 0.338. The fraction of sp³-hybridized carbons (Fsp3) is 0.500. The molecule has 4 heteroatoms. The van der Waals surface area contributed by atoms with E-state index >= 15 is 0 Å². The van der Waals surface area contributed by atoms with Gasteiger partial charge in [0.05, 0.1) is 10.9 Å². The van der Waals surface area contributed by atoms with E-state index in [1.807, 2.05) is 41.5 Å². The number of benzene rings is 1. The predicted octanol–water partition coefficient (Wildman–Crippen LogP) is 3.59. The van der Waals surface area contributed by atoms with E-state index in [4.69, 9.17) is 0 Å². The molecule has 0 amide bonds. The predicted molar refractivity (Wildman–Crippen MR) is 79.7 cm³/mol. The van der Waals surface area contributed by atoms with E-state index in [1.165, 1.54) is 12.1 Å². The van der Waals surface area contributed by atoms with Crippen molar-refractivity contribution in [2.75, 3.05) is 0 Å². The monoisotopic (exact) mass is 276 g/mol. The molecule has 3 nitrogen and oxygen atoms in total. The van der Waals surface area contributed by atoms with Gasteiger partial charge in [0.25, 0.3) is 5.56 Å². The zero-order valence-electron chi connectivity index (χ0n) is 12.9. The van der Waals surface area contributed by atoms with Gasteiger partial charge in [-0.1, -0.05) is 20.8 Å². The third-order valence-electron chi connectivity index (χ3n) is 3.17. The van der Waals surface area contributed by atoms with Crippen LogP contribution >= 0.6 is 0 Å². The number of rotatable bonds is 0. The maximum absolute atomic E-state index is 13.4. The third kappa shape index (κ3) is 2.47. The number of hydrogen-bond acceptors (Lipinski definition) is 2. The summed E-state index contributed by atoms with van der Waals surface area (Å²) in [5, 5.41) is 0.327. The molecule has 0 fully saturated rings. The molecule has 20 heavy (non-hydrogen) atoms. The van der Waals surface area contributed by atoms with Crippen molar-refractivity contribution in [1.82, 2.24) is 9.55 Å². The molecule has 0 N–H and O–H groups in total. The van der Waals surface area contributed by atoms with Crippen molar-refractivity contribution in [3.8, 4) is 0 Å². The molecule has 2 aromatic rings. The van der Waals surface area contributed by atoms with Gasteiger partial charge in [0, 0.05) is 11.0 Å². The summed E-state index contributed by atoms with van der Waals surface area (Å²) in [7, 11) is 0. The van der Waals surface area contributed by atoms with Crippen molar-refractivity contribution in [3.05, 3.63) is 40.2 Å². The van der Waals surface area contributed by atoms with Crippen LogP contribution in [0.15, 0.2) is 23.0 Å². The highest BCUT2D eigenvalue weighted by Crippen LogP contribution is 2.26. The fourth-order valence-corrected chi connectivity index (χ4v) is 2.28. The van der Waals surface area contributed by atoms with Crippen LogP contribution in [0.5, 0.6) is 0 Å². The van der Waals surface area contributed by atoms with Crippen LogP contribution in [0.1, 0.15) is 47.4 Å². The lowest BCUT2D eigenvalue weighted by Crippen LogP contribution is -2.40. The van der Waals surface area contributed by atoms with E-state index in [1.54, 1.807) is 10.6 Å². The second-order valence-corrected chi connectivity index (χ2v) is 7.16. The Morgan fingerprint density at radius 3 is 2.20 bits per heavy atom. The van der Waals surface area contributed by atoms with Crippen molar-refractivity contribution in [1.29, 1.82) is 0 Å². The maximum Gasteiger partial charge on any atom is 0.261 e. The van der Waals surface area contributed by atoms with Crippen molar-refractivity contribution < 1.29 is 4.39 Å². The van der Waals surface area contributed by atoms with Crippen LogP contribution in [0.25, 0.3) is 10.9 Å². The Labute approximate surface area is 118 Å². The van der Waals surface area contributed by atoms with E-state index in [2.05, 4.69) is 4.98 Å². The summed E-state index contributed by atoms with van der Waals surface area (Å²) in [5.41, 5.74) is -0.323. The van der Waals surface area contributed by atoms with Crippen LogP contribution < -0.4 is 5.56 Å². The van der Waals surface area contributed by atoms with Gasteiger partial charge in [-0.15, -0.1) is 0 Å². The zero-order valence-corrected chi connectivity index (χ0v) is 12.9. The van der Waals surface area contributed by atoms with E-state index in [-0.39, 0.29) is 11.0 Å². The highest BCUT2D eigenvalue weighted by atomic mass is 19.1. The summed E-state index contributed by atoms with van der Waals surface area (Å²) in [6.07, 6.45) is 0. The average molecular weight is 276 g/mol. The van der Waals surface area contributed by atoms with E-state index < -0.39 is 11.4 Å². The molecule has 0 radical (unpaired) electrons. The Morgan fingerprint density at radius 1 is 1.10 bits per heavy atom. The first-order chi connectivity index (χ1) is 9.01. The molecule has 0 unspecified atom stereocenters. The number of fused-ring (bicyclic) bond motifs is 1. The van der Waals surface area contributed by atoms with E-state index in [0.717, 1.165) is 0 Å². The zero-order chi connectivity index (χ0) is 15.3. The Hall–Kier alpha value is -1.71. The van der Waals surface area contributed by atoms with Gasteiger partial charge in [0.1, 0.15) is 11.6 Å². The van der Waals surface area contributed by atoms with Crippen molar-refractivity contribution in [2.24, 2.45) is 0 Å². The third-order valence-corrected chi connectivity index (χ3v) is 3.17. The minimum atomic E-state index is -0.416. The molecule has 0 bridgehead atoms. The Kier molecular flexibility index (Phi) is 3.23. The van der Waals surface area contributed by atoms with Gasteiger partial charge in [-0.05, 0) is 39.0 Å². The molecular formula is C16H21FN2O. The van der Waals surface area contributed by atoms with Gasteiger partial charge in [0.2, 0.25) is 0 Å². The number of aromatic nitrogens is 2. The van der Waals surface area contributed by atoms with Crippen LogP contribution in [0.4, 0.5) is 4.39 Å². The number of halogens is 1. The molecule has 0 saturated heterocycles. The second-order valence-electron chi connectivity index (χ2n) is 7.16. The Balaban J connectivity index is 3.00. The molecule has 0 spiro atoms. The standard InChI is InChI=1S/C16H21FN2O/c1-15(2,3)14-18-12-8-7-10(17)9-11(12)13(20)19(14)16(4,5)6/h7-9H,1-6H3. The lowest BCUT2D eigenvalue weighted by atomic mass is 9.93. The molecule has 1 aromatic heterocycles. The summed E-state index contributed by atoms with van der Waals surface area (Å²) >= 11 is 0. The van der Waals surface area contributed by atoms with Crippen LogP contribution in [-0.2, 0) is 11.0 Å². The van der Waals surface area contributed by atoms with Gasteiger partial charge >= 0.3 is 0 Å². The quantitative estimate of drug-likeness (QED) is 0.737. The van der Waals surface area contributed by atoms with Crippen molar-refractivity contribution >= 4 is 10.9 Å². The average Bonchev–Trinajstić information content (AvgIpc) is 2.26. The first-order valence-electron chi connectivity index (χ1n) is 6.75. The van der Waals surface area contributed by atoms with E-state index in [9.17, 15) is 9.18 Å².